The van der Waals surface area contributed by atoms with E-state index in [1.54, 1.807) is 6.20 Å². The zero-order valence-corrected chi connectivity index (χ0v) is 10.1. The van der Waals surface area contributed by atoms with Crippen molar-refractivity contribution in [2.24, 2.45) is 0 Å². The Bertz CT molecular complexity index is 532. The van der Waals surface area contributed by atoms with Gasteiger partial charge in [-0.2, -0.15) is 0 Å². The summed E-state index contributed by atoms with van der Waals surface area (Å²) in [5, 5.41) is 14.4. The molecule has 2 aromatic rings. The number of nitrogens with two attached hydrogens (primary N) is 1. The van der Waals surface area contributed by atoms with Gasteiger partial charge in [0.15, 0.2) is 0 Å². The van der Waals surface area contributed by atoms with E-state index >= 15 is 0 Å². The Kier molecular flexibility index (Phi) is 2.90. The van der Waals surface area contributed by atoms with Crippen LogP contribution in [0, 0.1) is 0 Å². The number of hydrogen-bond donors (Lipinski definition) is 3. The van der Waals surface area contributed by atoms with Gasteiger partial charge in [-0.05, 0) is 31.4 Å². The predicted octanol–water partition coefficient (Wildman–Crippen LogP) is 2.00. The van der Waals surface area contributed by atoms with Gasteiger partial charge in [0.2, 0.25) is 0 Å². The summed E-state index contributed by atoms with van der Waals surface area (Å²) < 4.78 is 0. The summed E-state index contributed by atoms with van der Waals surface area (Å²) in [5.41, 5.74) is 6.23. The maximum Gasteiger partial charge on any atom is 0.136 e. The van der Waals surface area contributed by atoms with Crippen LogP contribution in [0.5, 0.6) is 0 Å². The molecule has 0 spiro atoms. The van der Waals surface area contributed by atoms with Gasteiger partial charge in [0.05, 0.1) is 12.1 Å². The molecule has 2 rings (SSSR count). The number of aliphatic hydroxyl groups is 1. The fraction of sp³-hybridized carbons (Fsp3) is 0.308. The van der Waals surface area contributed by atoms with Crippen molar-refractivity contribution in [1.82, 2.24) is 4.98 Å². The summed E-state index contributed by atoms with van der Waals surface area (Å²) in [5.74, 6) is 0.708. The van der Waals surface area contributed by atoms with E-state index in [1.807, 2.05) is 38.1 Å². The van der Waals surface area contributed by atoms with Crippen LogP contribution >= 0.6 is 0 Å². The second-order valence-electron chi connectivity index (χ2n) is 4.77. The van der Waals surface area contributed by atoms with Crippen LogP contribution in [0.1, 0.15) is 13.8 Å². The van der Waals surface area contributed by atoms with Crippen molar-refractivity contribution in [2.45, 2.75) is 19.4 Å². The SMILES string of the molecule is CC(C)(CO)Nc1nccc2cccc(N)c12. The third-order valence-electron chi connectivity index (χ3n) is 2.68. The fourth-order valence-electron chi connectivity index (χ4n) is 1.71. The number of nitrogen functional groups attached to an aromatic ring is 1. The third-order valence-corrected chi connectivity index (χ3v) is 2.68. The Balaban J connectivity index is 2.54. The van der Waals surface area contributed by atoms with Crippen molar-refractivity contribution < 1.29 is 5.11 Å². The Morgan fingerprint density at radius 3 is 2.82 bits per heavy atom. The van der Waals surface area contributed by atoms with Crippen LogP contribution in [0.15, 0.2) is 30.5 Å². The molecular formula is C13H17N3O. The van der Waals surface area contributed by atoms with E-state index in [-0.39, 0.29) is 6.61 Å². The molecule has 0 unspecified atom stereocenters. The van der Waals surface area contributed by atoms with Gasteiger partial charge in [-0.15, -0.1) is 0 Å². The minimum atomic E-state index is -0.427. The lowest BCUT2D eigenvalue weighted by atomic mass is 10.1. The summed E-state index contributed by atoms with van der Waals surface area (Å²) in [6.45, 7) is 3.84. The van der Waals surface area contributed by atoms with E-state index < -0.39 is 5.54 Å². The molecule has 0 saturated carbocycles. The lowest BCUT2D eigenvalue weighted by Crippen LogP contribution is -2.35. The normalized spacial score (nSPS) is 11.7. The average molecular weight is 231 g/mol. The highest BCUT2D eigenvalue weighted by atomic mass is 16.3. The van der Waals surface area contributed by atoms with Gasteiger partial charge in [-0.25, -0.2) is 4.98 Å². The number of nitrogens with one attached hydrogen (secondary N) is 1. The van der Waals surface area contributed by atoms with Crippen LogP contribution in [0.4, 0.5) is 11.5 Å². The van der Waals surface area contributed by atoms with Crippen molar-refractivity contribution in [3.05, 3.63) is 30.5 Å². The lowest BCUT2D eigenvalue weighted by molar-refractivity contribution is 0.234. The molecule has 1 aromatic carbocycles. The van der Waals surface area contributed by atoms with Crippen molar-refractivity contribution in [3.8, 4) is 0 Å². The monoisotopic (exact) mass is 231 g/mol. The van der Waals surface area contributed by atoms with Crippen LogP contribution in [0.2, 0.25) is 0 Å². The van der Waals surface area contributed by atoms with Gasteiger partial charge in [-0.3, -0.25) is 0 Å². The van der Waals surface area contributed by atoms with Crippen LogP contribution in [-0.4, -0.2) is 22.2 Å². The van der Waals surface area contributed by atoms with E-state index in [0.29, 0.717) is 11.5 Å². The molecule has 0 saturated heterocycles. The molecule has 0 radical (unpaired) electrons. The number of anilines is 2. The molecule has 4 heteroatoms. The van der Waals surface area contributed by atoms with Crippen LogP contribution in [-0.2, 0) is 0 Å². The Morgan fingerprint density at radius 1 is 1.35 bits per heavy atom. The summed E-state index contributed by atoms with van der Waals surface area (Å²) in [6, 6.07) is 7.67. The Hall–Kier alpha value is -1.81. The van der Waals surface area contributed by atoms with Crippen molar-refractivity contribution in [2.75, 3.05) is 17.7 Å². The summed E-state index contributed by atoms with van der Waals surface area (Å²) in [4.78, 5) is 4.30. The first-order valence-electron chi connectivity index (χ1n) is 5.56. The second-order valence-corrected chi connectivity index (χ2v) is 4.77. The van der Waals surface area contributed by atoms with E-state index in [1.165, 1.54) is 0 Å². The second kappa shape index (κ2) is 4.22. The molecule has 0 amide bonds. The van der Waals surface area contributed by atoms with Crippen LogP contribution in [0.3, 0.4) is 0 Å². The van der Waals surface area contributed by atoms with Crippen LogP contribution < -0.4 is 11.1 Å². The molecule has 0 aliphatic carbocycles. The van der Waals surface area contributed by atoms with E-state index in [2.05, 4.69) is 10.3 Å². The molecule has 90 valence electrons. The van der Waals surface area contributed by atoms with Crippen molar-refractivity contribution in [1.29, 1.82) is 0 Å². The molecule has 4 nitrogen and oxygen atoms in total. The number of benzene rings is 1. The Labute approximate surface area is 100 Å². The third kappa shape index (κ3) is 2.31. The maximum atomic E-state index is 9.28. The number of fused-ring (bicyclic) bond motifs is 1. The smallest absolute Gasteiger partial charge is 0.136 e. The predicted molar refractivity (Wildman–Crippen MR) is 70.9 cm³/mol. The first-order chi connectivity index (χ1) is 8.03. The number of rotatable bonds is 3. The summed E-state index contributed by atoms with van der Waals surface area (Å²) in [7, 11) is 0. The van der Waals surface area contributed by atoms with Gasteiger partial charge < -0.3 is 16.2 Å². The van der Waals surface area contributed by atoms with E-state index in [4.69, 9.17) is 5.73 Å². The van der Waals surface area contributed by atoms with Gasteiger partial charge in [0.1, 0.15) is 5.82 Å². The first-order valence-corrected chi connectivity index (χ1v) is 5.56. The molecule has 0 atom stereocenters. The molecule has 0 fully saturated rings. The maximum absolute atomic E-state index is 9.28. The quantitative estimate of drug-likeness (QED) is 0.706. The number of pyridine rings is 1. The first kappa shape index (κ1) is 11.7. The van der Waals surface area contributed by atoms with Gasteiger partial charge in [0, 0.05) is 17.3 Å². The molecule has 0 aliphatic rings. The topological polar surface area (TPSA) is 71.2 Å². The standard InChI is InChI=1S/C13H17N3O/c1-13(2,8-17)16-12-11-9(6-7-15-12)4-3-5-10(11)14/h3-7,17H,8,14H2,1-2H3,(H,15,16). The molecule has 1 aromatic heterocycles. The zero-order valence-electron chi connectivity index (χ0n) is 10.1. The zero-order chi connectivity index (χ0) is 12.5. The average Bonchev–Trinajstić information content (AvgIpc) is 2.29. The highest BCUT2D eigenvalue weighted by Crippen LogP contribution is 2.28. The molecule has 17 heavy (non-hydrogen) atoms. The lowest BCUT2D eigenvalue weighted by Gasteiger charge is -2.25. The molecule has 0 bridgehead atoms. The van der Waals surface area contributed by atoms with E-state index in [0.717, 1.165) is 10.8 Å². The highest BCUT2D eigenvalue weighted by Gasteiger charge is 2.18. The molecule has 0 aliphatic heterocycles. The minimum Gasteiger partial charge on any atom is -0.398 e. The number of nitrogens with zero attached hydrogens (tertiary/aromatic N) is 1. The number of aliphatic hydroxyl groups excluding tert-OH is 1. The molecule has 4 N–H and O–H groups in total. The van der Waals surface area contributed by atoms with Crippen molar-refractivity contribution in [3.63, 3.8) is 0 Å². The number of aromatic nitrogens is 1. The van der Waals surface area contributed by atoms with Gasteiger partial charge in [0.25, 0.3) is 0 Å². The highest BCUT2D eigenvalue weighted by molar-refractivity contribution is 6.00. The minimum absolute atomic E-state index is 0.0256. The molecular weight excluding hydrogens is 214 g/mol. The summed E-state index contributed by atoms with van der Waals surface area (Å²) >= 11 is 0. The van der Waals surface area contributed by atoms with Gasteiger partial charge in [-0.1, -0.05) is 12.1 Å². The Morgan fingerprint density at radius 2 is 2.12 bits per heavy atom. The number of hydrogen-bond acceptors (Lipinski definition) is 4. The van der Waals surface area contributed by atoms with Crippen LogP contribution in [0.25, 0.3) is 10.8 Å². The van der Waals surface area contributed by atoms with Gasteiger partial charge >= 0.3 is 0 Å². The fourth-order valence-corrected chi connectivity index (χ4v) is 1.71. The molecule has 1 heterocycles. The summed E-state index contributed by atoms with van der Waals surface area (Å²) in [6.07, 6.45) is 1.73. The van der Waals surface area contributed by atoms with Crippen molar-refractivity contribution >= 4 is 22.3 Å². The largest absolute Gasteiger partial charge is 0.398 e. The van der Waals surface area contributed by atoms with E-state index in [9.17, 15) is 5.11 Å².